The van der Waals surface area contributed by atoms with Crippen LogP contribution in [0.3, 0.4) is 0 Å². The van der Waals surface area contributed by atoms with Gasteiger partial charge in [0.05, 0.1) is 6.26 Å². The van der Waals surface area contributed by atoms with Gasteiger partial charge in [0.1, 0.15) is 5.75 Å². The van der Waals surface area contributed by atoms with Crippen LogP contribution in [0.25, 0.3) is 0 Å². The zero-order valence-corrected chi connectivity index (χ0v) is 15.3. The zero-order valence-electron chi connectivity index (χ0n) is 14.5. The summed E-state index contributed by atoms with van der Waals surface area (Å²) in [6.45, 7) is 2.11. The molecule has 2 aromatic rings. The second kappa shape index (κ2) is 7.76. The minimum absolute atomic E-state index is 0.451. The Bertz CT molecular complexity index is 863. The van der Waals surface area contributed by atoms with Crippen LogP contribution in [0.5, 0.6) is 5.75 Å². The molecule has 8 heteroatoms. The minimum atomic E-state index is -3.15. The molecular weight excluding hydrogens is 354 g/mol. The van der Waals surface area contributed by atoms with Crippen LogP contribution >= 0.6 is 0 Å². The van der Waals surface area contributed by atoms with Crippen LogP contribution in [0.15, 0.2) is 54.6 Å². The summed E-state index contributed by atoms with van der Waals surface area (Å²) < 4.78 is 29.9. The van der Waals surface area contributed by atoms with Crippen molar-refractivity contribution in [2.75, 3.05) is 42.7 Å². The Morgan fingerprint density at radius 3 is 2.35 bits per heavy atom. The molecule has 1 fully saturated rings. The first-order valence-electron chi connectivity index (χ1n) is 8.26. The van der Waals surface area contributed by atoms with E-state index in [-0.39, 0.29) is 0 Å². The molecule has 1 aliphatic heterocycles. The van der Waals surface area contributed by atoms with Gasteiger partial charge < -0.3 is 9.64 Å². The van der Waals surface area contributed by atoms with Crippen molar-refractivity contribution in [1.82, 2.24) is 4.31 Å². The molecular formula is C18H21N3O4S. The minimum Gasteiger partial charge on any atom is -0.410 e. The van der Waals surface area contributed by atoms with E-state index in [9.17, 15) is 13.2 Å². The maximum absolute atomic E-state index is 12.0. The topological polar surface area (TPSA) is 79.0 Å². The van der Waals surface area contributed by atoms with Crippen LogP contribution < -0.4 is 15.0 Å². The highest BCUT2D eigenvalue weighted by Crippen LogP contribution is 2.22. The number of ether oxygens (including phenoxy) is 1. The van der Waals surface area contributed by atoms with E-state index < -0.39 is 16.1 Å². The number of carbonyl (C=O) groups is 1. The van der Waals surface area contributed by atoms with Gasteiger partial charge in [-0.1, -0.05) is 24.3 Å². The molecule has 2 aromatic carbocycles. The summed E-state index contributed by atoms with van der Waals surface area (Å²) in [7, 11) is -3.15. The van der Waals surface area contributed by atoms with E-state index in [1.54, 1.807) is 30.3 Å². The summed E-state index contributed by atoms with van der Waals surface area (Å²) in [4.78, 5) is 14.1. The van der Waals surface area contributed by atoms with Crippen LogP contribution in [0.2, 0.25) is 0 Å². The van der Waals surface area contributed by atoms with Crippen molar-refractivity contribution < 1.29 is 17.9 Å². The normalized spacial score (nSPS) is 15.5. The van der Waals surface area contributed by atoms with Crippen molar-refractivity contribution in [1.29, 1.82) is 0 Å². The highest BCUT2D eigenvalue weighted by atomic mass is 32.2. The highest BCUT2D eigenvalue weighted by Gasteiger charge is 2.23. The quantitative estimate of drug-likeness (QED) is 0.888. The largest absolute Gasteiger partial charge is 0.417 e. The van der Waals surface area contributed by atoms with Crippen molar-refractivity contribution in [3.63, 3.8) is 0 Å². The summed E-state index contributed by atoms with van der Waals surface area (Å²) in [5.41, 5.74) is 1.55. The van der Waals surface area contributed by atoms with Crippen LogP contribution in [-0.4, -0.2) is 51.3 Å². The highest BCUT2D eigenvalue weighted by molar-refractivity contribution is 7.88. The fraction of sp³-hybridized carbons (Fsp3) is 0.278. The third-order valence-electron chi connectivity index (χ3n) is 4.12. The van der Waals surface area contributed by atoms with Crippen molar-refractivity contribution in [2.45, 2.75) is 0 Å². The van der Waals surface area contributed by atoms with Crippen molar-refractivity contribution in [2.24, 2.45) is 0 Å². The third kappa shape index (κ3) is 4.74. The van der Waals surface area contributed by atoms with E-state index >= 15 is 0 Å². The van der Waals surface area contributed by atoms with Gasteiger partial charge in [-0.15, -0.1) is 0 Å². The first kappa shape index (κ1) is 18.2. The second-order valence-electron chi connectivity index (χ2n) is 6.03. The molecule has 7 nitrogen and oxygen atoms in total. The number of para-hydroxylation sites is 1. The van der Waals surface area contributed by atoms with E-state index in [0.29, 0.717) is 37.6 Å². The third-order valence-corrected chi connectivity index (χ3v) is 5.42. The summed E-state index contributed by atoms with van der Waals surface area (Å²) in [6, 6.07) is 16.2. The molecule has 0 saturated carbocycles. The molecule has 0 unspecified atom stereocenters. The lowest BCUT2D eigenvalue weighted by atomic mass is 10.2. The average Bonchev–Trinajstić information content (AvgIpc) is 2.62. The molecule has 0 atom stereocenters. The number of carbonyl (C=O) groups excluding carboxylic acids is 1. The van der Waals surface area contributed by atoms with Gasteiger partial charge in [-0.3, -0.25) is 5.32 Å². The van der Waals surface area contributed by atoms with Gasteiger partial charge in [0, 0.05) is 37.6 Å². The van der Waals surface area contributed by atoms with E-state index in [0.717, 1.165) is 5.69 Å². The average molecular weight is 375 g/mol. The lowest BCUT2D eigenvalue weighted by Gasteiger charge is -2.34. The molecule has 0 spiro atoms. The Balaban J connectivity index is 1.61. The molecule has 138 valence electrons. The van der Waals surface area contributed by atoms with Gasteiger partial charge in [0.15, 0.2) is 0 Å². The second-order valence-corrected chi connectivity index (χ2v) is 8.01. The number of sulfonamides is 1. The summed E-state index contributed by atoms with van der Waals surface area (Å²) in [5, 5.41) is 2.71. The number of hydrogen-bond acceptors (Lipinski definition) is 5. The van der Waals surface area contributed by atoms with E-state index in [4.69, 9.17) is 4.74 Å². The van der Waals surface area contributed by atoms with Crippen LogP contribution in [0, 0.1) is 0 Å². The summed E-state index contributed by atoms with van der Waals surface area (Å²) in [5.74, 6) is 0.470. The summed E-state index contributed by atoms with van der Waals surface area (Å²) >= 11 is 0. The Kier molecular flexibility index (Phi) is 5.43. The Morgan fingerprint density at radius 1 is 1.00 bits per heavy atom. The lowest BCUT2D eigenvalue weighted by Crippen LogP contribution is -2.48. The van der Waals surface area contributed by atoms with Crippen LogP contribution in [0.4, 0.5) is 16.2 Å². The van der Waals surface area contributed by atoms with Crippen LogP contribution in [-0.2, 0) is 10.0 Å². The van der Waals surface area contributed by atoms with E-state index in [1.807, 2.05) is 24.3 Å². The van der Waals surface area contributed by atoms with Crippen molar-refractivity contribution >= 4 is 27.5 Å². The molecule has 1 heterocycles. The number of piperazine rings is 1. The lowest BCUT2D eigenvalue weighted by molar-refractivity contribution is 0.215. The summed E-state index contributed by atoms with van der Waals surface area (Å²) in [6.07, 6.45) is 0.668. The predicted molar refractivity (Wildman–Crippen MR) is 101 cm³/mol. The number of amides is 1. The van der Waals surface area contributed by atoms with Gasteiger partial charge in [0.25, 0.3) is 0 Å². The molecule has 1 saturated heterocycles. The molecule has 0 bridgehead atoms. The monoisotopic (exact) mass is 375 g/mol. The SMILES string of the molecule is CS(=O)(=O)N1CCN(c2cccc(NC(=O)Oc3ccccc3)c2)CC1. The fourth-order valence-electron chi connectivity index (χ4n) is 2.80. The van der Waals surface area contributed by atoms with E-state index in [2.05, 4.69) is 10.2 Å². The smallest absolute Gasteiger partial charge is 0.410 e. The van der Waals surface area contributed by atoms with Gasteiger partial charge in [0.2, 0.25) is 10.0 Å². The maximum atomic E-state index is 12.0. The first-order chi connectivity index (χ1) is 12.4. The molecule has 0 aliphatic carbocycles. The number of benzene rings is 2. The van der Waals surface area contributed by atoms with Gasteiger partial charge in [-0.05, 0) is 30.3 Å². The van der Waals surface area contributed by atoms with Crippen LogP contribution in [0.1, 0.15) is 0 Å². The molecule has 3 rings (SSSR count). The first-order valence-corrected chi connectivity index (χ1v) is 10.1. The molecule has 1 amide bonds. The number of nitrogens with one attached hydrogen (secondary N) is 1. The predicted octanol–water partition coefficient (Wildman–Crippen LogP) is 2.38. The number of rotatable bonds is 4. The van der Waals surface area contributed by atoms with Gasteiger partial charge in [-0.2, -0.15) is 4.31 Å². The Labute approximate surface area is 153 Å². The molecule has 26 heavy (non-hydrogen) atoms. The van der Waals surface area contributed by atoms with Crippen molar-refractivity contribution in [3.05, 3.63) is 54.6 Å². The Hall–Kier alpha value is -2.58. The molecule has 1 N–H and O–H groups in total. The number of hydrogen-bond donors (Lipinski definition) is 1. The molecule has 0 aromatic heterocycles. The number of anilines is 2. The molecule has 0 radical (unpaired) electrons. The maximum Gasteiger partial charge on any atom is 0.417 e. The Morgan fingerprint density at radius 2 is 1.69 bits per heavy atom. The number of nitrogens with zero attached hydrogens (tertiary/aromatic N) is 2. The van der Waals surface area contributed by atoms with Gasteiger partial charge in [-0.25, -0.2) is 13.2 Å². The zero-order chi connectivity index (χ0) is 18.6. The van der Waals surface area contributed by atoms with E-state index in [1.165, 1.54) is 10.6 Å². The fourth-order valence-corrected chi connectivity index (χ4v) is 3.62. The molecule has 1 aliphatic rings. The van der Waals surface area contributed by atoms with Gasteiger partial charge >= 0.3 is 6.09 Å². The standard InChI is InChI=1S/C18H21N3O4S/c1-26(23,24)21-12-10-20(11-13-21)16-7-5-6-15(14-16)19-18(22)25-17-8-3-2-4-9-17/h2-9,14H,10-13H2,1H3,(H,19,22). The van der Waals surface area contributed by atoms with Crippen molar-refractivity contribution in [3.8, 4) is 5.75 Å².